The number of nitrogens with two attached hydrogens (primary N) is 1. The predicted octanol–water partition coefficient (Wildman–Crippen LogP) is 0.895. The summed E-state index contributed by atoms with van der Waals surface area (Å²) in [6, 6.07) is 0. The predicted molar refractivity (Wildman–Crippen MR) is 62.0 cm³/mol. The number of likely N-dealkylation sites (tertiary alicyclic amines) is 1. The number of amides is 1. The van der Waals surface area contributed by atoms with Crippen LogP contribution in [0.3, 0.4) is 0 Å². The molecular weight excluding hydrogens is 204 g/mol. The summed E-state index contributed by atoms with van der Waals surface area (Å²) >= 11 is 0. The summed E-state index contributed by atoms with van der Waals surface area (Å²) in [5.74, 6) is 0.145. The summed E-state index contributed by atoms with van der Waals surface area (Å²) in [6.45, 7) is 1.56. The van der Waals surface area contributed by atoms with Crippen molar-refractivity contribution < 1.29 is 9.53 Å². The number of ether oxygens (including phenoxy) is 1. The van der Waals surface area contributed by atoms with Crippen LogP contribution in [0.5, 0.6) is 0 Å². The minimum atomic E-state index is -0.574. The Labute approximate surface area is 97.1 Å². The summed E-state index contributed by atoms with van der Waals surface area (Å²) in [4.78, 5) is 14.2. The molecule has 0 spiro atoms. The fraction of sp³-hybridized carbons (Fsp3) is 0.917. The fourth-order valence-electron chi connectivity index (χ4n) is 2.85. The van der Waals surface area contributed by atoms with Crippen LogP contribution < -0.4 is 5.73 Å². The molecule has 0 aromatic rings. The maximum absolute atomic E-state index is 12.3. The first kappa shape index (κ1) is 11.9. The van der Waals surface area contributed by atoms with Crippen molar-refractivity contribution in [2.75, 3.05) is 20.2 Å². The minimum absolute atomic E-state index is 0.145. The molecule has 92 valence electrons. The molecule has 2 N–H and O–H groups in total. The third kappa shape index (κ3) is 2.23. The normalized spacial score (nSPS) is 29.4. The van der Waals surface area contributed by atoms with E-state index in [9.17, 15) is 4.79 Å². The molecule has 1 aliphatic heterocycles. The van der Waals surface area contributed by atoms with Gasteiger partial charge < -0.3 is 15.4 Å². The second-order valence-corrected chi connectivity index (χ2v) is 5.11. The topological polar surface area (TPSA) is 55.6 Å². The number of methoxy groups -OCH3 is 1. The van der Waals surface area contributed by atoms with E-state index in [1.807, 2.05) is 4.90 Å². The van der Waals surface area contributed by atoms with Crippen LogP contribution >= 0.6 is 0 Å². The van der Waals surface area contributed by atoms with Gasteiger partial charge in [-0.3, -0.25) is 4.79 Å². The van der Waals surface area contributed by atoms with E-state index in [-0.39, 0.29) is 12.0 Å². The zero-order valence-corrected chi connectivity index (χ0v) is 10.1. The van der Waals surface area contributed by atoms with Gasteiger partial charge in [0, 0.05) is 20.2 Å². The van der Waals surface area contributed by atoms with Crippen molar-refractivity contribution >= 4 is 5.91 Å². The van der Waals surface area contributed by atoms with Crippen LogP contribution in [0.25, 0.3) is 0 Å². The van der Waals surface area contributed by atoms with Crippen LogP contribution in [-0.4, -0.2) is 42.6 Å². The van der Waals surface area contributed by atoms with Crippen molar-refractivity contribution in [3.63, 3.8) is 0 Å². The molecule has 1 saturated carbocycles. The fourth-order valence-corrected chi connectivity index (χ4v) is 2.85. The van der Waals surface area contributed by atoms with Gasteiger partial charge in [-0.15, -0.1) is 0 Å². The Bertz CT molecular complexity index is 262. The molecule has 1 aliphatic carbocycles. The first-order valence-electron chi connectivity index (χ1n) is 6.27. The summed E-state index contributed by atoms with van der Waals surface area (Å²) < 4.78 is 5.33. The second kappa shape index (κ2) is 4.72. The Hall–Kier alpha value is -0.610. The molecule has 1 atom stereocenters. The van der Waals surface area contributed by atoms with Crippen LogP contribution in [-0.2, 0) is 9.53 Å². The van der Waals surface area contributed by atoms with Gasteiger partial charge in [-0.25, -0.2) is 0 Å². The molecule has 4 nitrogen and oxygen atoms in total. The van der Waals surface area contributed by atoms with E-state index in [2.05, 4.69) is 0 Å². The van der Waals surface area contributed by atoms with Crippen molar-refractivity contribution in [3.05, 3.63) is 0 Å². The van der Waals surface area contributed by atoms with Crippen molar-refractivity contribution in [2.24, 2.45) is 5.73 Å². The average molecular weight is 226 g/mol. The minimum Gasteiger partial charge on any atom is -0.380 e. The van der Waals surface area contributed by atoms with E-state index in [1.54, 1.807) is 7.11 Å². The zero-order valence-electron chi connectivity index (χ0n) is 10.1. The highest BCUT2D eigenvalue weighted by Crippen LogP contribution is 2.30. The molecule has 0 aromatic carbocycles. The van der Waals surface area contributed by atoms with Crippen molar-refractivity contribution in [2.45, 2.75) is 50.2 Å². The Balaban J connectivity index is 1.98. The maximum Gasteiger partial charge on any atom is 0.242 e. The smallest absolute Gasteiger partial charge is 0.242 e. The Morgan fingerprint density at radius 3 is 2.69 bits per heavy atom. The third-order valence-electron chi connectivity index (χ3n) is 3.92. The van der Waals surface area contributed by atoms with Gasteiger partial charge in [-0.1, -0.05) is 12.8 Å². The SMILES string of the molecule is COC1CCCN(C(=O)C2(N)CCCC2)C1. The molecule has 1 heterocycles. The van der Waals surface area contributed by atoms with Crippen LogP contribution in [0.1, 0.15) is 38.5 Å². The van der Waals surface area contributed by atoms with Crippen molar-refractivity contribution in [1.82, 2.24) is 4.90 Å². The van der Waals surface area contributed by atoms with E-state index in [4.69, 9.17) is 10.5 Å². The lowest BCUT2D eigenvalue weighted by Crippen LogP contribution is -2.56. The average Bonchev–Trinajstić information content (AvgIpc) is 2.76. The lowest BCUT2D eigenvalue weighted by Gasteiger charge is -2.36. The standard InChI is InChI=1S/C12H22N2O2/c1-16-10-5-4-8-14(9-10)11(15)12(13)6-2-3-7-12/h10H,2-9,13H2,1H3. The van der Waals surface area contributed by atoms with Crippen molar-refractivity contribution in [1.29, 1.82) is 0 Å². The lowest BCUT2D eigenvalue weighted by atomic mass is 9.95. The molecule has 1 saturated heterocycles. The summed E-state index contributed by atoms with van der Waals surface area (Å²) in [5.41, 5.74) is 5.61. The number of carbonyl (C=O) groups is 1. The second-order valence-electron chi connectivity index (χ2n) is 5.11. The van der Waals surface area contributed by atoms with Crippen LogP contribution in [0.4, 0.5) is 0 Å². The molecule has 1 unspecified atom stereocenters. The van der Waals surface area contributed by atoms with Crippen LogP contribution in [0.2, 0.25) is 0 Å². The van der Waals surface area contributed by atoms with Gasteiger partial charge in [0.1, 0.15) is 0 Å². The van der Waals surface area contributed by atoms with Gasteiger partial charge >= 0.3 is 0 Å². The van der Waals surface area contributed by atoms with Gasteiger partial charge in [0.15, 0.2) is 0 Å². The Morgan fingerprint density at radius 2 is 2.06 bits per heavy atom. The van der Waals surface area contributed by atoms with Gasteiger partial charge in [0.25, 0.3) is 0 Å². The molecular formula is C12H22N2O2. The van der Waals surface area contributed by atoms with E-state index >= 15 is 0 Å². The quantitative estimate of drug-likeness (QED) is 0.761. The summed E-state index contributed by atoms with van der Waals surface area (Å²) in [6.07, 6.45) is 6.15. The molecule has 2 rings (SSSR count). The third-order valence-corrected chi connectivity index (χ3v) is 3.92. The van der Waals surface area contributed by atoms with Crippen LogP contribution in [0.15, 0.2) is 0 Å². The number of rotatable bonds is 2. The van der Waals surface area contributed by atoms with Crippen LogP contribution in [0, 0.1) is 0 Å². The molecule has 2 aliphatic rings. The highest BCUT2D eigenvalue weighted by atomic mass is 16.5. The van der Waals surface area contributed by atoms with Crippen molar-refractivity contribution in [3.8, 4) is 0 Å². The molecule has 4 heteroatoms. The number of nitrogens with zero attached hydrogens (tertiary/aromatic N) is 1. The highest BCUT2D eigenvalue weighted by molar-refractivity contribution is 5.86. The van der Waals surface area contributed by atoms with Gasteiger partial charge in [0.05, 0.1) is 11.6 Å². The molecule has 0 radical (unpaired) electrons. The molecule has 1 amide bonds. The molecule has 16 heavy (non-hydrogen) atoms. The number of hydrogen-bond acceptors (Lipinski definition) is 3. The van der Waals surface area contributed by atoms with Gasteiger partial charge in [-0.05, 0) is 25.7 Å². The zero-order chi connectivity index (χ0) is 11.6. The number of carbonyl (C=O) groups excluding carboxylic acids is 1. The van der Waals surface area contributed by atoms with E-state index in [0.717, 1.165) is 45.1 Å². The number of hydrogen-bond donors (Lipinski definition) is 1. The molecule has 0 bridgehead atoms. The summed E-state index contributed by atoms with van der Waals surface area (Å²) in [5, 5.41) is 0. The van der Waals surface area contributed by atoms with E-state index in [0.29, 0.717) is 6.54 Å². The monoisotopic (exact) mass is 226 g/mol. The number of piperidine rings is 1. The first-order chi connectivity index (χ1) is 7.65. The molecule has 0 aromatic heterocycles. The maximum atomic E-state index is 12.3. The Morgan fingerprint density at radius 1 is 1.38 bits per heavy atom. The van der Waals surface area contributed by atoms with Gasteiger partial charge in [0.2, 0.25) is 5.91 Å². The van der Waals surface area contributed by atoms with Gasteiger partial charge in [-0.2, -0.15) is 0 Å². The Kier molecular flexibility index (Phi) is 3.50. The highest BCUT2D eigenvalue weighted by Gasteiger charge is 2.40. The lowest BCUT2D eigenvalue weighted by molar-refractivity contribution is -0.140. The first-order valence-corrected chi connectivity index (χ1v) is 6.27. The molecule has 2 fully saturated rings. The van der Waals surface area contributed by atoms with E-state index in [1.165, 1.54) is 0 Å². The largest absolute Gasteiger partial charge is 0.380 e. The summed E-state index contributed by atoms with van der Waals surface area (Å²) in [7, 11) is 1.71. The van der Waals surface area contributed by atoms with E-state index < -0.39 is 5.54 Å².